The summed E-state index contributed by atoms with van der Waals surface area (Å²) < 4.78 is 1.92. The minimum atomic E-state index is 0.124. The monoisotopic (exact) mass is 420 g/mol. The predicted octanol–water partition coefficient (Wildman–Crippen LogP) is 0.927. The number of likely N-dealkylation sites (N-methyl/N-ethyl adjacent to an activating group) is 1. The van der Waals surface area contributed by atoms with Crippen molar-refractivity contribution in [1.82, 2.24) is 29.5 Å². The maximum atomic E-state index is 12.8. The molecular formula is C22H28N8O. The second-order valence-electron chi connectivity index (χ2n) is 8.27. The number of rotatable bonds is 4. The Morgan fingerprint density at radius 2 is 1.45 bits per heavy atom. The summed E-state index contributed by atoms with van der Waals surface area (Å²) in [5.41, 5.74) is 1.91. The van der Waals surface area contributed by atoms with Crippen molar-refractivity contribution in [1.29, 1.82) is 0 Å². The van der Waals surface area contributed by atoms with Crippen molar-refractivity contribution in [3.8, 4) is 0 Å². The van der Waals surface area contributed by atoms with Crippen LogP contribution in [-0.4, -0.2) is 94.9 Å². The average molecular weight is 421 g/mol. The van der Waals surface area contributed by atoms with Crippen LogP contribution in [0.5, 0.6) is 0 Å². The number of benzene rings is 1. The number of hydrogen-bond donors (Lipinski definition) is 0. The van der Waals surface area contributed by atoms with Gasteiger partial charge in [0.1, 0.15) is 6.54 Å². The van der Waals surface area contributed by atoms with Gasteiger partial charge in [0.15, 0.2) is 11.6 Å². The lowest BCUT2D eigenvalue weighted by Crippen LogP contribution is -2.50. The van der Waals surface area contributed by atoms with Gasteiger partial charge in [0, 0.05) is 52.4 Å². The topological polar surface area (TPSA) is 73.6 Å². The largest absolute Gasteiger partial charge is 0.353 e. The molecule has 1 amide bonds. The van der Waals surface area contributed by atoms with Gasteiger partial charge in [0.05, 0.1) is 17.4 Å². The number of hydrogen-bond acceptors (Lipinski definition) is 7. The van der Waals surface area contributed by atoms with Crippen LogP contribution >= 0.6 is 0 Å². The van der Waals surface area contributed by atoms with Crippen LogP contribution in [0, 0.1) is 0 Å². The Morgan fingerprint density at radius 3 is 2.10 bits per heavy atom. The summed E-state index contributed by atoms with van der Waals surface area (Å²) in [6, 6.07) is 12.0. The summed E-state index contributed by atoms with van der Waals surface area (Å²) in [5.74, 6) is 1.95. The van der Waals surface area contributed by atoms with Crippen LogP contribution in [0.4, 0.5) is 11.6 Å². The molecule has 2 saturated heterocycles. The second-order valence-corrected chi connectivity index (χ2v) is 8.27. The fourth-order valence-corrected chi connectivity index (χ4v) is 4.26. The molecule has 3 aromatic rings. The smallest absolute Gasteiger partial charge is 0.242 e. The Labute approximate surface area is 181 Å². The first-order valence-electron chi connectivity index (χ1n) is 10.9. The summed E-state index contributed by atoms with van der Waals surface area (Å²) in [6.07, 6.45) is 1.75. The highest BCUT2D eigenvalue weighted by molar-refractivity contribution is 5.80. The predicted molar refractivity (Wildman–Crippen MR) is 120 cm³/mol. The van der Waals surface area contributed by atoms with Crippen molar-refractivity contribution in [2.45, 2.75) is 6.54 Å². The molecule has 0 saturated carbocycles. The first kappa shape index (κ1) is 19.7. The zero-order chi connectivity index (χ0) is 21.2. The number of carbonyl (C=O) groups is 1. The number of para-hydroxylation sites is 2. The van der Waals surface area contributed by atoms with Gasteiger partial charge in [-0.15, -0.1) is 10.2 Å². The van der Waals surface area contributed by atoms with Crippen molar-refractivity contribution in [3.05, 3.63) is 42.7 Å². The van der Waals surface area contributed by atoms with E-state index in [0.29, 0.717) is 19.6 Å². The number of nitrogens with zero attached hydrogens (tertiary/aromatic N) is 8. The molecule has 0 spiro atoms. The third-order valence-electron chi connectivity index (χ3n) is 6.25. The van der Waals surface area contributed by atoms with Crippen LogP contribution in [-0.2, 0) is 11.3 Å². The Bertz CT molecular complexity index is 1030. The van der Waals surface area contributed by atoms with Gasteiger partial charge in [0.2, 0.25) is 5.91 Å². The van der Waals surface area contributed by atoms with Gasteiger partial charge in [0.25, 0.3) is 0 Å². The van der Waals surface area contributed by atoms with Crippen molar-refractivity contribution in [2.24, 2.45) is 0 Å². The normalized spacial score (nSPS) is 18.0. The van der Waals surface area contributed by atoms with Crippen molar-refractivity contribution >= 4 is 28.6 Å². The van der Waals surface area contributed by atoms with E-state index in [9.17, 15) is 4.79 Å². The third-order valence-corrected chi connectivity index (χ3v) is 6.25. The van der Waals surface area contributed by atoms with Gasteiger partial charge in [-0.05, 0) is 31.3 Å². The highest BCUT2D eigenvalue weighted by Crippen LogP contribution is 2.18. The fourth-order valence-electron chi connectivity index (χ4n) is 4.26. The zero-order valence-corrected chi connectivity index (χ0v) is 17.9. The highest BCUT2D eigenvalue weighted by atomic mass is 16.2. The molecule has 0 radical (unpaired) electrons. The van der Waals surface area contributed by atoms with Crippen LogP contribution in [0.25, 0.3) is 11.0 Å². The van der Waals surface area contributed by atoms with E-state index in [1.807, 2.05) is 33.7 Å². The first-order chi connectivity index (χ1) is 15.2. The number of amides is 1. The van der Waals surface area contributed by atoms with E-state index in [1.54, 1.807) is 6.33 Å². The average Bonchev–Trinajstić information content (AvgIpc) is 3.23. The molecule has 0 aliphatic carbocycles. The molecule has 5 rings (SSSR count). The molecule has 31 heavy (non-hydrogen) atoms. The number of imidazole rings is 1. The molecule has 9 heteroatoms. The summed E-state index contributed by atoms with van der Waals surface area (Å²) >= 11 is 0. The maximum absolute atomic E-state index is 12.8. The van der Waals surface area contributed by atoms with Crippen molar-refractivity contribution in [2.75, 3.05) is 69.2 Å². The molecule has 0 N–H and O–H groups in total. The molecule has 0 atom stereocenters. The molecule has 2 aliphatic heterocycles. The lowest BCUT2D eigenvalue weighted by Gasteiger charge is -2.36. The number of anilines is 2. The lowest BCUT2D eigenvalue weighted by atomic mass is 10.3. The van der Waals surface area contributed by atoms with Crippen LogP contribution in [0.2, 0.25) is 0 Å². The van der Waals surface area contributed by atoms with E-state index in [-0.39, 0.29) is 5.91 Å². The molecule has 2 aromatic heterocycles. The summed E-state index contributed by atoms with van der Waals surface area (Å²) in [5, 5.41) is 8.93. The molecule has 4 heterocycles. The molecule has 2 fully saturated rings. The molecule has 2 aliphatic rings. The van der Waals surface area contributed by atoms with Crippen LogP contribution in [0.15, 0.2) is 42.7 Å². The summed E-state index contributed by atoms with van der Waals surface area (Å²) in [7, 11) is 2.15. The number of fused-ring (bicyclic) bond motifs is 1. The van der Waals surface area contributed by atoms with Crippen LogP contribution in [0.3, 0.4) is 0 Å². The number of carbonyl (C=O) groups excluding carboxylic acids is 1. The Kier molecular flexibility index (Phi) is 5.42. The van der Waals surface area contributed by atoms with Crippen LogP contribution in [0.1, 0.15) is 0 Å². The number of aromatic nitrogens is 4. The van der Waals surface area contributed by atoms with E-state index in [2.05, 4.69) is 49.1 Å². The summed E-state index contributed by atoms with van der Waals surface area (Å²) in [4.78, 5) is 25.9. The van der Waals surface area contributed by atoms with Gasteiger partial charge in [-0.3, -0.25) is 4.79 Å². The van der Waals surface area contributed by atoms with Gasteiger partial charge in [-0.25, -0.2) is 4.98 Å². The quantitative estimate of drug-likeness (QED) is 0.622. The van der Waals surface area contributed by atoms with E-state index >= 15 is 0 Å². The van der Waals surface area contributed by atoms with Crippen molar-refractivity contribution in [3.63, 3.8) is 0 Å². The van der Waals surface area contributed by atoms with Gasteiger partial charge >= 0.3 is 0 Å². The fraction of sp³-hybridized carbons (Fsp3) is 0.455. The second kappa shape index (κ2) is 8.50. The molecule has 0 bridgehead atoms. The molecule has 9 nitrogen and oxygen atoms in total. The summed E-state index contributed by atoms with van der Waals surface area (Å²) in [6.45, 7) is 7.29. The Morgan fingerprint density at radius 1 is 0.839 bits per heavy atom. The molecule has 162 valence electrons. The Balaban J connectivity index is 1.16. The highest BCUT2D eigenvalue weighted by Gasteiger charge is 2.23. The minimum absolute atomic E-state index is 0.124. The minimum Gasteiger partial charge on any atom is -0.353 e. The van der Waals surface area contributed by atoms with E-state index in [4.69, 9.17) is 0 Å². The van der Waals surface area contributed by atoms with E-state index in [0.717, 1.165) is 61.9 Å². The molecule has 1 aromatic carbocycles. The lowest BCUT2D eigenvalue weighted by molar-refractivity contribution is -0.132. The Hall–Kier alpha value is -3.20. The molecule has 0 unspecified atom stereocenters. The third kappa shape index (κ3) is 4.18. The van der Waals surface area contributed by atoms with E-state index < -0.39 is 0 Å². The van der Waals surface area contributed by atoms with Gasteiger partial charge in [-0.2, -0.15) is 0 Å². The van der Waals surface area contributed by atoms with Crippen molar-refractivity contribution < 1.29 is 4.79 Å². The van der Waals surface area contributed by atoms with Crippen LogP contribution < -0.4 is 9.80 Å². The first-order valence-corrected chi connectivity index (χ1v) is 10.9. The van der Waals surface area contributed by atoms with Gasteiger partial charge in [-0.1, -0.05) is 12.1 Å². The SMILES string of the molecule is CN1CCN(c2ccc(N3CCN(C(=O)Cn4cnc5ccccc54)CC3)nn2)CC1. The zero-order valence-electron chi connectivity index (χ0n) is 17.9. The standard InChI is InChI=1S/C22H28N8O/c1-26-8-10-27(11-9-26)20-6-7-21(25-24-20)28-12-14-29(15-13-28)22(31)16-30-17-23-18-4-2-3-5-19(18)30/h2-7,17H,8-16H2,1H3. The maximum Gasteiger partial charge on any atom is 0.242 e. The molecular weight excluding hydrogens is 392 g/mol. The van der Waals surface area contributed by atoms with Gasteiger partial charge < -0.3 is 24.2 Å². The van der Waals surface area contributed by atoms with E-state index in [1.165, 1.54) is 0 Å². The number of piperazine rings is 2.